The molecule has 1 N–H and O–H groups in total. The fraction of sp³-hybridized carbons (Fsp3) is 0.467. The second kappa shape index (κ2) is 6.66. The van der Waals surface area contributed by atoms with Gasteiger partial charge in [0.1, 0.15) is 0 Å². The Morgan fingerprint density at radius 1 is 1.37 bits per heavy atom. The van der Waals surface area contributed by atoms with E-state index in [1.807, 2.05) is 12.1 Å². The second-order valence-corrected chi connectivity index (χ2v) is 6.01. The predicted molar refractivity (Wildman–Crippen MR) is 77.5 cm³/mol. The fourth-order valence-corrected chi connectivity index (χ4v) is 3.09. The SMILES string of the molecule is CC(=O)c1ccc(CCNC(=O)C2CC=CCC2)s1. The highest BCUT2D eigenvalue weighted by Gasteiger charge is 2.17. The lowest BCUT2D eigenvalue weighted by Gasteiger charge is -2.16. The van der Waals surface area contributed by atoms with Crippen LogP contribution in [0.4, 0.5) is 0 Å². The number of ketones is 1. The first-order valence-corrected chi connectivity index (χ1v) is 7.51. The van der Waals surface area contributed by atoms with Gasteiger partial charge in [-0.3, -0.25) is 9.59 Å². The monoisotopic (exact) mass is 277 g/mol. The van der Waals surface area contributed by atoms with E-state index < -0.39 is 0 Å². The van der Waals surface area contributed by atoms with Crippen molar-refractivity contribution in [2.75, 3.05) is 6.54 Å². The first-order valence-electron chi connectivity index (χ1n) is 6.69. The van der Waals surface area contributed by atoms with Crippen LogP contribution in [0.1, 0.15) is 40.7 Å². The summed E-state index contributed by atoms with van der Waals surface area (Å²) in [5.41, 5.74) is 0. The van der Waals surface area contributed by atoms with Gasteiger partial charge in [0.15, 0.2) is 5.78 Å². The average Bonchev–Trinajstić information content (AvgIpc) is 2.89. The third kappa shape index (κ3) is 4.03. The average molecular weight is 277 g/mol. The molecule has 0 saturated heterocycles. The summed E-state index contributed by atoms with van der Waals surface area (Å²) in [5.74, 6) is 0.406. The van der Waals surface area contributed by atoms with Gasteiger partial charge in [-0.25, -0.2) is 0 Å². The molecule has 1 aliphatic carbocycles. The minimum Gasteiger partial charge on any atom is -0.355 e. The van der Waals surface area contributed by atoms with E-state index in [9.17, 15) is 9.59 Å². The van der Waals surface area contributed by atoms with Crippen molar-refractivity contribution in [3.05, 3.63) is 34.0 Å². The van der Waals surface area contributed by atoms with Crippen LogP contribution in [0.5, 0.6) is 0 Å². The molecular formula is C15H19NO2S. The van der Waals surface area contributed by atoms with Crippen LogP contribution in [0.2, 0.25) is 0 Å². The number of amides is 1. The number of hydrogen-bond acceptors (Lipinski definition) is 3. The van der Waals surface area contributed by atoms with Gasteiger partial charge < -0.3 is 5.32 Å². The third-order valence-electron chi connectivity index (χ3n) is 3.32. The highest BCUT2D eigenvalue weighted by Crippen LogP contribution is 2.19. The van der Waals surface area contributed by atoms with Crippen LogP contribution >= 0.6 is 11.3 Å². The smallest absolute Gasteiger partial charge is 0.223 e. The van der Waals surface area contributed by atoms with E-state index in [1.54, 1.807) is 6.92 Å². The van der Waals surface area contributed by atoms with Gasteiger partial charge in [0, 0.05) is 17.3 Å². The summed E-state index contributed by atoms with van der Waals surface area (Å²) in [6, 6.07) is 3.83. The number of carbonyl (C=O) groups is 2. The molecule has 0 fully saturated rings. The zero-order chi connectivity index (χ0) is 13.7. The lowest BCUT2D eigenvalue weighted by Crippen LogP contribution is -2.32. The van der Waals surface area contributed by atoms with Gasteiger partial charge in [-0.05, 0) is 44.7 Å². The molecule has 0 aliphatic heterocycles. The molecule has 1 aliphatic rings. The number of Topliss-reactive ketones (excluding diaryl/α,β-unsaturated/α-hetero) is 1. The zero-order valence-electron chi connectivity index (χ0n) is 11.1. The van der Waals surface area contributed by atoms with Gasteiger partial charge in [0.25, 0.3) is 0 Å². The molecule has 102 valence electrons. The molecule has 0 spiro atoms. The van der Waals surface area contributed by atoms with Crippen LogP contribution < -0.4 is 5.32 Å². The molecule has 0 bridgehead atoms. The van der Waals surface area contributed by atoms with Crippen LogP contribution in [-0.4, -0.2) is 18.2 Å². The van der Waals surface area contributed by atoms with Gasteiger partial charge in [-0.15, -0.1) is 11.3 Å². The summed E-state index contributed by atoms with van der Waals surface area (Å²) in [7, 11) is 0. The molecule has 0 radical (unpaired) electrons. The molecular weight excluding hydrogens is 258 g/mol. The van der Waals surface area contributed by atoms with Gasteiger partial charge in [0.2, 0.25) is 5.91 Å². The Morgan fingerprint density at radius 3 is 2.84 bits per heavy atom. The van der Waals surface area contributed by atoms with Crippen molar-refractivity contribution in [1.82, 2.24) is 5.32 Å². The fourth-order valence-electron chi connectivity index (χ4n) is 2.19. The number of allylic oxidation sites excluding steroid dienone is 2. The van der Waals surface area contributed by atoms with Crippen LogP contribution in [0.25, 0.3) is 0 Å². The predicted octanol–water partition coefficient (Wildman–Crippen LogP) is 2.97. The summed E-state index contributed by atoms with van der Waals surface area (Å²) in [6.45, 7) is 2.23. The largest absolute Gasteiger partial charge is 0.355 e. The number of rotatable bonds is 5. The van der Waals surface area contributed by atoms with Crippen molar-refractivity contribution in [2.45, 2.75) is 32.6 Å². The maximum atomic E-state index is 11.9. The van der Waals surface area contributed by atoms with E-state index in [1.165, 1.54) is 11.3 Å². The van der Waals surface area contributed by atoms with E-state index in [4.69, 9.17) is 0 Å². The van der Waals surface area contributed by atoms with E-state index in [-0.39, 0.29) is 17.6 Å². The molecule has 1 aromatic rings. The summed E-state index contributed by atoms with van der Waals surface area (Å²) >= 11 is 1.52. The normalized spacial score (nSPS) is 18.3. The summed E-state index contributed by atoms with van der Waals surface area (Å²) < 4.78 is 0. The third-order valence-corrected chi connectivity index (χ3v) is 4.56. The van der Waals surface area contributed by atoms with Gasteiger partial charge >= 0.3 is 0 Å². The molecule has 1 aromatic heterocycles. The van der Waals surface area contributed by atoms with Crippen molar-refractivity contribution >= 4 is 23.0 Å². The minimum absolute atomic E-state index is 0.106. The minimum atomic E-state index is 0.106. The van der Waals surface area contributed by atoms with Gasteiger partial charge in [-0.2, -0.15) is 0 Å². The lowest BCUT2D eigenvalue weighted by molar-refractivity contribution is -0.125. The van der Waals surface area contributed by atoms with Gasteiger partial charge in [0.05, 0.1) is 4.88 Å². The Hall–Kier alpha value is -1.42. The Balaban J connectivity index is 1.74. The van der Waals surface area contributed by atoms with E-state index in [0.717, 1.165) is 35.4 Å². The molecule has 0 saturated carbocycles. The van der Waals surface area contributed by atoms with Crippen LogP contribution in [0, 0.1) is 5.92 Å². The Kier molecular flexibility index (Phi) is 4.91. The van der Waals surface area contributed by atoms with Crippen molar-refractivity contribution in [3.63, 3.8) is 0 Å². The summed E-state index contributed by atoms with van der Waals surface area (Å²) in [6.07, 6.45) is 7.84. The number of carbonyl (C=O) groups excluding carboxylic acids is 2. The van der Waals surface area contributed by atoms with Crippen LogP contribution in [0.3, 0.4) is 0 Å². The Bertz CT molecular complexity index is 490. The van der Waals surface area contributed by atoms with Crippen molar-refractivity contribution in [1.29, 1.82) is 0 Å². The topological polar surface area (TPSA) is 46.2 Å². The Morgan fingerprint density at radius 2 is 2.21 bits per heavy atom. The Labute approximate surface area is 117 Å². The molecule has 1 amide bonds. The van der Waals surface area contributed by atoms with E-state index in [0.29, 0.717) is 6.54 Å². The molecule has 4 heteroatoms. The number of hydrogen-bond donors (Lipinski definition) is 1. The lowest BCUT2D eigenvalue weighted by atomic mass is 9.94. The number of nitrogens with one attached hydrogen (secondary N) is 1. The van der Waals surface area contributed by atoms with Crippen molar-refractivity contribution in [2.24, 2.45) is 5.92 Å². The molecule has 0 aromatic carbocycles. The summed E-state index contributed by atoms with van der Waals surface area (Å²) in [4.78, 5) is 25.0. The molecule has 1 heterocycles. The highest BCUT2D eigenvalue weighted by atomic mass is 32.1. The summed E-state index contributed by atoms with van der Waals surface area (Å²) in [5, 5.41) is 2.99. The maximum absolute atomic E-state index is 11.9. The molecule has 1 atom stereocenters. The standard InChI is InChI=1S/C15H19NO2S/c1-11(17)14-8-7-13(19-14)9-10-16-15(18)12-5-3-2-4-6-12/h2-3,7-8,12H,4-6,9-10H2,1H3,(H,16,18). The van der Waals surface area contributed by atoms with Crippen molar-refractivity contribution in [3.8, 4) is 0 Å². The van der Waals surface area contributed by atoms with Gasteiger partial charge in [-0.1, -0.05) is 12.2 Å². The first kappa shape index (κ1) is 14.0. The van der Waals surface area contributed by atoms with E-state index >= 15 is 0 Å². The maximum Gasteiger partial charge on any atom is 0.223 e. The zero-order valence-corrected chi connectivity index (χ0v) is 12.0. The highest BCUT2D eigenvalue weighted by molar-refractivity contribution is 7.14. The van der Waals surface area contributed by atoms with Crippen LogP contribution in [-0.2, 0) is 11.2 Å². The molecule has 2 rings (SSSR count). The second-order valence-electron chi connectivity index (χ2n) is 4.84. The molecule has 1 unspecified atom stereocenters. The first-order chi connectivity index (χ1) is 9.16. The van der Waals surface area contributed by atoms with Crippen molar-refractivity contribution < 1.29 is 9.59 Å². The quantitative estimate of drug-likeness (QED) is 0.664. The van der Waals surface area contributed by atoms with Crippen LogP contribution in [0.15, 0.2) is 24.3 Å². The number of thiophene rings is 1. The molecule has 3 nitrogen and oxygen atoms in total. The van der Waals surface area contributed by atoms with E-state index in [2.05, 4.69) is 17.5 Å². The molecule has 19 heavy (non-hydrogen) atoms.